The third-order valence-corrected chi connectivity index (χ3v) is 11.4. The summed E-state index contributed by atoms with van der Waals surface area (Å²) in [4.78, 5) is 7.38. The van der Waals surface area contributed by atoms with E-state index in [-0.39, 0.29) is 0 Å². The molecule has 3 aromatic heterocycles. The van der Waals surface area contributed by atoms with Gasteiger partial charge in [0.1, 0.15) is 16.2 Å². The molecule has 0 saturated heterocycles. The van der Waals surface area contributed by atoms with Crippen LogP contribution in [0.4, 0.5) is 17.1 Å². The molecule has 10 aromatic rings. The zero-order chi connectivity index (χ0) is 31.6. The first-order valence-corrected chi connectivity index (χ1v) is 17.6. The van der Waals surface area contributed by atoms with Gasteiger partial charge in [-0.3, -0.25) is 0 Å². The van der Waals surface area contributed by atoms with Crippen LogP contribution in [0.5, 0.6) is 0 Å². The van der Waals surface area contributed by atoms with Crippen LogP contribution in [0.1, 0.15) is 0 Å². The fourth-order valence-corrected chi connectivity index (χ4v) is 9.15. The van der Waals surface area contributed by atoms with Crippen LogP contribution in [-0.4, -0.2) is 4.98 Å². The van der Waals surface area contributed by atoms with Crippen LogP contribution in [0.15, 0.2) is 162 Å². The highest BCUT2D eigenvalue weighted by atomic mass is 32.1. The average molecular weight is 651 g/mol. The predicted octanol–water partition coefficient (Wildman–Crippen LogP) is 13.4. The molecule has 10 rings (SSSR count). The Morgan fingerprint density at radius 1 is 0.458 bits per heavy atom. The van der Waals surface area contributed by atoms with E-state index in [1.807, 2.05) is 23.5 Å². The van der Waals surface area contributed by atoms with E-state index >= 15 is 0 Å². The molecule has 7 aromatic carbocycles. The van der Waals surface area contributed by atoms with Crippen LogP contribution in [0.25, 0.3) is 74.0 Å². The zero-order valence-corrected chi connectivity index (χ0v) is 27.3. The number of rotatable bonds is 5. The summed E-state index contributed by atoms with van der Waals surface area (Å²) in [5.41, 5.74) is 9.69. The Bertz CT molecular complexity index is 2780. The Kier molecular flexibility index (Phi) is 6.22. The first kappa shape index (κ1) is 27.4. The van der Waals surface area contributed by atoms with Gasteiger partial charge in [0.25, 0.3) is 0 Å². The van der Waals surface area contributed by atoms with E-state index in [1.54, 1.807) is 11.3 Å². The zero-order valence-electron chi connectivity index (χ0n) is 25.6. The lowest BCUT2D eigenvalue weighted by Gasteiger charge is -2.26. The molecular weight excluding hydrogens is 625 g/mol. The van der Waals surface area contributed by atoms with Crippen molar-refractivity contribution in [2.45, 2.75) is 0 Å². The van der Waals surface area contributed by atoms with Gasteiger partial charge < -0.3 is 9.32 Å². The van der Waals surface area contributed by atoms with Crippen LogP contribution in [-0.2, 0) is 0 Å². The monoisotopic (exact) mass is 650 g/mol. The minimum Gasteiger partial charge on any atom is -0.456 e. The maximum atomic E-state index is 6.20. The van der Waals surface area contributed by atoms with E-state index in [4.69, 9.17) is 9.40 Å². The molecular formula is C43H26N2OS2. The van der Waals surface area contributed by atoms with Gasteiger partial charge in [-0.25, -0.2) is 4.98 Å². The van der Waals surface area contributed by atoms with Crippen molar-refractivity contribution in [1.29, 1.82) is 0 Å². The normalized spacial score (nSPS) is 11.8. The lowest BCUT2D eigenvalue weighted by atomic mass is 10.0. The summed E-state index contributed by atoms with van der Waals surface area (Å²) in [6.45, 7) is 0. The first-order chi connectivity index (χ1) is 23.8. The van der Waals surface area contributed by atoms with Crippen molar-refractivity contribution >= 4 is 92.1 Å². The molecule has 226 valence electrons. The van der Waals surface area contributed by atoms with Gasteiger partial charge in [-0.1, -0.05) is 97.1 Å². The Hall–Kier alpha value is -5.75. The van der Waals surface area contributed by atoms with E-state index in [0.717, 1.165) is 55.1 Å². The van der Waals surface area contributed by atoms with Gasteiger partial charge in [-0.15, -0.1) is 22.7 Å². The topological polar surface area (TPSA) is 29.3 Å². The van der Waals surface area contributed by atoms with E-state index in [1.165, 1.54) is 36.0 Å². The summed E-state index contributed by atoms with van der Waals surface area (Å²) in [6.07, 6.45) is 0. The molecule has 0 amide bonds. The van der Waals surface area contributed by atoms with Crippen molar-refractivity contribution in [3.8, 4) is 21.7 Å². The number of anilines is 3. The van der Waals surface area contributed by atoms with Crippen molar-refractivity contribution in [3.05, 3.63) is 158 Å². The molecule has 0 aliphatic carbocycles. The highest BCUT2D eigenvalue weighted by Gasteiger charge is 2.19. The predicted molar refractivity (Wildman–Crippen MR) is 205 cm³/mol. The van der Waals surface area contributed by atoms with Gasteiger partial charge in [0.15, 0.2) is 0 Å². The van der Waals surface area contributed by atoms with E-state index in [2.05, 4.69) is 150 Å². The summed E-state index contributed by atoms with van der Waals surface area (Å²) >= 11 is 3.63. The highest BCUT2D eigenvalue weighted by Crippen LogP contribution is 2.45. The Labute approximate surface area is 284 Å². The fraction of sp³-hybridized carbons (Fsp3) is 0. The van der Waals surface area contributed by atoms with Gasteiger partial charge >= 0.3 is 0 Å². The van der Waals surface area contributed by atoms with Crippen LogP contribution in [0.2, 0.25) is 0 Å². The number of para-hydroxylation sites is 1. The van der Waals surface area contributed by atoms with Crippen LogP contribution in [0.3, 0.4) is 0 Å². The number of hydrogen-bond acceptors (Lipinski definition) is 5. The molecule has 0 aliphatic heterocycles. The number of thiophene rings is 1. The van der Waals surface area contributed by atoms with Crippen LogP contribution < -0.4 is 4.90 Å². The van der Waals surface area contributed by atoms with E-state index in [9.17, 15) is 0 Å². The maximum absolute atomic E-state index is 6.20. The number of nitrogens with zero attached hydrogens (tertiary/aromatic N) is 2. The number of fused-ring (bicyclic) bond motifs is 8. The van der Waals surface area contributed by atoms with Crippen molar-refractivity contribution in [2.24, 2.45) is 0 Å². The summed E-state index contributed by atoms with van der Waals surface area (Å²) in [6, 6.07) is 56.0. The lowest BCUT2D eigenvalue weighted by Crippen LogP contribution is -2.09. The molecule has 48 heavy (non-hydrogen) atoms. The minimum absolute atomic E-state index is 0.891. The number of hydrogen-bond donors (Lipinski definition) is 0. The third-order valence-electron chi connectivity index (χ3n) is 9.10. The standard InChI is InChI=1S/C43H26N2OS2/c1-3-9-27(10-4-1)28-15-17-30(18-16-28)45(31-20-23-38-35(25-31)33-13-7-8-14-37(33)46-38)32-19-21-34-40(26-32)47-39-24-22-36-42(41(34)39)48-43(44-36)29-11-5-2-6-12-29/h1-26H. The molecule has 0 atom stereocenters. The maximum Gasteiger partial charge on any atom is 0.135 e. The molecule has 0 radical (unpaired) electrons. The molecule has 3 nitrogen and oxygen atoms in total. The van der Waals surface area contributed by atoms with Crippen molar-refractivity contribution < 1.29 is 4.42 Å². The lowest BCUT2D eigenvalue weighted by molar-refractivity contribution is 0.669. The second kappa shape index (κ2) is 10.9. The van der Waals surface area contributed by atoms with Gasteiger partial charge in [0.05, 0.1) is 10.2 Å². The largest absolute Gasteiger partial charge is 0.456 e. The third kappa shape index (κ3) is 4.43. The number of aromatic nitrogens is 1. The number of furan rings is 1. The number of thiazole rings is 1. The highest BCUT2D eigenvalue weighted by molar-refractivity contribution is 7.28. The molecule has 0 fully saturated rings. The summed E-state index contributed by atoms with van der Waals surface area (Å²) < 4.78 is 9.98. The smallest absolute Gasteiger partial charge is 0.135 e. The second-order valence-corrected chi connectivity index (χ2v) is 14.1. The van der Waals surface area contributed by atoms with Crippen molar-refractivity contribution in [3.63, 3.8) is 0 Å². The molecule has 0 bridgehead atoms. The van der Waals surface area contributed by atoms with E-state index in [0.29, 0.717) is 0 Å². The molecule has 0 aliphatic rings. The molecule has 0 N–H and O–H groups in total. The summed E-state index contributed by atoms with van der Waals surface area (Å²) in [7, 11) is 0. The molecule has 0 unspecified atom stereocenters. The average Bonchev–Trinajstić information content (AvgIpc) is 3.86. The molecule has 0 spiro atoms. The van der Waals surface area contributed by atoms with Crippen molar-refractivity contribution in [1.82, 2.24) is 4.98 Å². The SMILES string of the molecule is c1ccc(-c2ccc(N(c3ccc4c(c3)sc3ccc5nc(-c6ccccc6)sc5c34)c3ccc4oc5ccccc5c4c3)cc2)cc1. The van der Waals surface area contributed by atoms with Crippen LogP contribution in [0, 0.1) is 0 Å². The van der Waals surface area contributed by atoms with Gasteiger partial charge in [-0.2, -0.15) is 0 Å². The molecule has 3 heterocycles. The fourth-order valence-electron chi connectivity index (χ4n) is 6.81. The Morgan fingerprint density at radius 3 is 1.96 bits per heavy atom. The first-order valence-electron chi connectivity index (χ1n) is 15.9. The quantitative estimate of drug-likeness (QED) is 0.186. The Morgan fingerprint density at radius 2 is 1.12 bits per heavy atom. The van der Waals surface area contributed by atoms with Gasteiger partial charge in [0, 0.05) is 53.6 Å². The summed E-state index contributed by atoms with van der Waals surface area (Å²) in [5.74, 6) is 0. The van der Waals surface area contributed by atoms with Crippen LogP contribution >= 0.6 is 22.7 Å². The molecule has 5 heteroatoms. The van der Waals surface area contributed by atoms with E-state index < -0.39 is 0 Å². The molecule has 0 saturated carbocycles. The van der Waals surface area contributed by atoms with Gasteiger partial charge in [-0.05, 0) is 71.8 Å². The van der Waals surface area contributed by atoms with Gasteiger partial charge in [0.2, 0.25) is 0 Å². The summed E-state index contributed by atoms with van der Waals surface area (Å²) in [5, 5.41) is 5.85. The minimum atomic E-state index is 0.891. The Balaban J connectivity index is 1.14. The second-order valence-electron chi connectivity index (χ2n) is 12.0. The number of benzene rings is 7. The van der Waals surface area contributed by atoms with Crippen molar-refractivity contribution in [2.75, 3.05) is 4.90 Å².